The van der Waals surface area contributed by atoms with E-state index in [-0.39, 0.29) is 5.88 Å². The van der Waals surface area contributed by atoms with Gasteiger partial charge in [0, 0.05) is 12.2 Å². The Labute approximate surface area is 110 Å². The minimum absolute atomic E-state index is 0.112. The summed E-state index contributed by atoms with van der Waals surface area (Å²) in [5, 5.41) is 2.97. The lowest BCUT2D eigenvalue weighted by Crippen LogP contribution is -2.05. The molecule has 0 bridgehead atoms. The number of aromatic nitrogens is 3. The van der Waals surface area contributed by atoms with Gasteiger partial charge in [-0.1, -0.05) is 6.92 Å². The Bertz CT molecular complexity index is 545. The van der Waals surface area contributed by atoms with Gasteiger partial charge in [-0.2, -0.15) is 9.37 Å². The maximum absolute atomic E-state index is 13.6. The van der Waals surface area contributed by atoms with Crippen molar-refractivity contribution < 1.29 is 9.13 Å². The average molecular weight is 262 g/mol. The van der Waals surface area contributed by atoms with Crippen LogP contribution in [-0.4, -0.2) is 21.5 Å². The molecule has 0 fully saturated rings. The Morgan fingerprint density at radius 1 is 1.26 bits per heavy atom. The molecule has 0 amide bonds. The monoisotopic (exact) mass is 262 g/mol. The number of nitrogens with zero attached hydrogens (tertiary/aromatic N) is 3. The van der Waals surface area contributed by atoms with E-state index in [4.69, 9.17) is 4.74 Å². The summed E-state index contributed by atoms with van der Waals surface area (Å²) >= 11 is 0. The van der Waals surface area contributed by atoms with Gasteiger partial charge in [-0.25, -0.2) is 4.98 Å². The zero-order chi connectivity index (χ0) is 13.7. The molecule has 2 aromatic rings. The van der Waals surface area contributed by atoms with Crippen LogP contribution in [-0.2, 0) is 0 Å². The fourth-order valence-corrected chi connectivity index (χ4v) is 1.37. The third-order valence-electron chi connectivity index (χ3n) is 2.34. The van der Waals surface area contributed by atoms with Gasteiger partial charge < -0.3 is 10.1 Å². The summed E-state index contributed by atoms with van der Waals surface area (Å²) in [4.78, 5) is 11.9. The lowest BCUT2D eigenvalue weighted by Gasteiger charge is -2.07. The van der Waals surface area contributed by atoms with Crippen LogP contribution in [0.1, 0.15) is 19.0 Å². The van der Waals surface area contributed by atoms with E-state index < -0.39 is 5.82 Å². The number of halogens is 1. The maximum Gasteiger partial charge on any atom is 0.260 e. The number of hydrogen-bond donors (Lipinski definition) is 1. The van der Waals surface area contributed by atoms with Crippen molar-refractivity contribution in [2.24, 2.45) is 0 Å². The number of anilines is 1. The normalized spacial score (nSPS) is 10.3. The molecule has 0 aliphatic rings. The SMILES string of the molecule is CCCNc1ncc(F)c(Oc2ccc(C)nc2)n1. The van der Waals surface area contributed by atoms with Gasteiger partial charge in [-0.15, -0.1) is 0 Å². The first-order chi connectivity index (χ1) is 9.19. The van der Waals surface area contributed by atoms with Gasteiger partial charge in [0.1, 0.15) is 5.75 Å². The summed E-state index contributed by atoms with van der Waals surface area (Å²) < 4.78 is 18.9. The van der Waals surface area contributed by atoms with Gasteiger partial charge in [0.05, 0.1) is 12.4 Å². The first-order valence-electron chi connectivity index (χ1n) is 6.06. The van der Waals surface area contributed by atoms with Crippen LogP contribution < -0.4 is 10.1 Å². The number of rotatable bonds is 5. The number of aryl methyl sites for hydroxylation is 1. The molecular formula is C13H15FN4O. The van der Waals surface area contributed by atoms with E-state index in [0.717, 1.165) is 24.9 Å². The van der Waals surface area contributed by atoms with E-state index in [0.29, 0.717) is 11.7 Å². The van der Waals surface area contributed by atoms with Gasteiger partial charge in [0.25, 0.3) is 5.88 Å². The molecule has 0 unspecified atom stereocenters. The first-order valence-corrected chi connectivity index (χ1v) is 6.06. The first kappa shape index (κ1) is 13.2. The fraction of sp³-hybridized carbons (Fsp3) is 0.308. The Morgan fingerprint density at radius 3 is 2.79 bits per heavy atom. The van der Waals surface area contributed by atoms with Crippen LogP contribution in [0, 0.1) is 12.7 Å². The van der Waals surface area contributed by atoms with Crippen LogP contribution in [0.4, 0.5) is 10.3 Å². The van der Waals surface area contributed by atoms with E-state index in [2.05, 4.69) is 20.3 Å². The topological polar surface area (TPSA) is 59.9 Å². The van der Waals surface area contributed by atoms with Gasteiger partial charge in [-0.3, -0.25) is 4.98 Å². The number of pyridine rings is 1. The minimum Gasteiger partial charge on any atom is -0.435 e. The number of hydrogen-bond acceptors (Lipinski definition) is 5. The van der Waals surface area contributed by atoms with E-state index in [1.165, 1.54) is 6.20 Å². The highest BCUT2D eigenvalue weighted by molar-refractivity contribution is 5.31. The molecule has 6 heteroatoms. The number of ether oxygens (including phenoxy) is 1. The van der Waals surface area contributed by atoms with Crippen molar-refractivity contribution in [1.82, 2.24) is 15.0 Å². The van der Waals surface area contributed by atoms with Crippen molar-refractivity contribution in [3.63, 3.8) is 0 Å². The van der Waals surface area contributed by atoms with E-state index in [9.17, 15) is 4.39 Å². The van der Waals surface area contributed by atoms with E-state index in [1.807, 2.05) is 13.8 Å². The van der Waals surface area contributed by atoms with Gasteiger partial charge >= 0.3 is 0 Å². The summed E-state index contributed by atoms with van der Waals surface area (Å²) in [6, 6.07) is 3.49. The molecule has 0 aromatic carbocycles. The maximum atomic E-state index is 13.6. The summed E-state index contributed by atoms with van der Waals surface area (Å²) in [7, 11) is 0. The van der Waals surface area contributed by atoms with Gasteiger partial charge in [0.15, 0.2) is 0 Å². The third-order valence-corrected chi connectivity index (χ3v) is 2.34. The molecule has 2 heterocycles. The molecule has 19 heavy (non-hydrogen) atoms. The van der Waals surface area contributed by atoms with E-state index in [1.54, 1.807) is 12.1 Å². The Balaban J connectivity index is 2.16. The van der Waals surface area contributed by atoms with Crippen LogP contribution in [0.5, 0.6) is 11.6 Å². The molecule has 0 aliphatic carbocycles. The zero-order valence-corrected chi connectivity index (χ0v) is 10.9. The second-order valence-electron chi connectivity index (χ2n) is 4.01. The largest absolute Gasteiger partial charge is 0.435 e. The summed E-state index contributed by atoms with van der Waals surface area (Å²) in [5.41, 5.74) is 0.862. The van der Waals surface area contributed by atoms with Crippen LogP contribution in [0.3, 0.4) is 0 Å². The van der Waals surface area contributed by atoms with Crippen molar-refractivity contribution in [3.05, 3.63) is 36.0 Å². The van der Waals surface area contributed by atoms with E-state index >= 15 is 0 Å². The molecule has 5 nitrogen and oxygen atoms in total. The Morgan fingerprint density at radius 2 is 2.11 bits per heavy atom. The fourth-order valence-electron chi connectivity index (χ4n) is 1.37. The molecule has 0 radical (unpaired) electrons. The van der Waals surface area contributed by atoms with Crippen LogP contribution in [0.25, 0.3) is 0 Å². The van der Waals surface area contributed by atoms with Crippen molar-refractivity contribution in [2.75, 3.05) is 11.9 Å². The van der Waals surface area contributed by atoms with Crippen LogP contribution in [0.2, 0.25) is 0 Å². The summed E-state index contributed by atoms with van der Waals surface area (Å²) in [5.74, 6) is 0.0600. The predicted octanol–water partition coefficient (Wildman–Crippen LogP) is 2.93. The van der Waals surface area contributed by atoms with Crippen molar-refractivity contribution in [1.29, 1.82) is 0 Å². The lowest BCUT2D eigenvalue weighted by molar-refractivity contribution is 0.419. The molecular weight excluding hydrogens is 247 g/mol. The molecule has 1 N–H and O–H groups in total. The second kappa shape index (κ2) is 6.08. The van der Waals surface area contributed by atoms with Crippen LogP contribution >= 0.6 is 0 Å². The highest BCUT2D eigenvalue weighted by Gasteiger charge is 2.09. The van der Waals surface area contributed by atoms with Crippen molar-refractivity contribution in [2.45, 2.75) is 20.3 Å². The highest BCUT2D eigenvalue weighted by atomic mass is 19.1. The van der Waals surface area contributed by atoms with Crippen molar-refractivity contribution in [3.8, 4) is 11.6 Å². The zero-order valence-electron chi connectivity index (χ0n) is 10.9. The smallest absolute Gasteiger partial charge is 0.260 e. The second-order valence-corrected chi connectivity index (χ2v) is 4.01. The van der Waals surface area contributed by atoms with Crippen molar-refractivity contribution >= 4 is 5.95 Å². The quantitative estimate of drug-likeness (QED) is 0.897. The van der Waals surface area contributed by atoms with Gasteiger partial charge in [0.2, 0.25) is 11.8 Å². The standard InChI is InChI=1S/C13H15FN4O/c1-3-6-15-13-17-8-11(14)12(18-13)19-10-5-4-9(2)16-7-10/h4-5,7-8H,3,6H2,1-2H3,(H,15,17,18). The molecule has 0 spiro atoms. The molecule has 0 saturated heterocycles. The lowest BCUT2D eigenvalue weighted by atomic mass is 10.4. The molecule has 100 valence electrons. The molecule has 0 saturated carbocycles. The highest BCUT2D eigenvalue weighted by Crippen LogP contribution is 2.22. The molecule has 0 atom stereocenters. The molecule has 2 aromatic heterocycles. The Kier molecular flexibility index (Phi) is 4.22. The minimum atomic E-state index is -0.609. The number of nitrogens with one attached hydrogen (secondary N) is 1. The van der Waals surface area contributed by atoms with Gasteiger partial charge in [-0.05, 0) is 25.5 Å². The average Bonchev–Trinajstić information content (AvgIpc) is 2.42. The summed E-state index contributed by atoms with van der Waals surface area (Å²) in [6.07, 6.45) is 3.54. The predicted molar refractivity (Wildman–Crippen MR) is 69.8 cm³/mol. The van der Waals surface area contributed by atoms with Crippen LogP contribution in [0.15, 0.2) is 24.5 Å². The molecule has 2 rings (SSSR count). The third kappa shape index (κ3) is 3.61. The summed E-state index contributed by atoms with van der Waals surface area (Å²) in [6.45, 7) is 4.60. The molecule has 0 aliphatic heterocycles. The Hall–Kier alpha value is -2.24.